The Morgan fingerprint density at radius 2 is 1.54 bits per heavy atom. The molecule has 0 amide bonds. The van der Waals surface area contributed by atoms with Crippen molar-refractivity contribution < 1.29 is 32.5 Å². The van der Waals surface area contributed by atoms with Crippen LogP contribution in [0.5, 0.6) is 23.0 Å². The summed E-state index contributed by atoms with van der Waals surface area (Å²) in [6.45, 7) is 0. The van der Waals surface area contributed by atoms with Gasteiger partial charge in [0, 0.05) is 16.8 Å². The van der Waals surface area contributed by atoms with Crippen LogP contribution in [0, 0.1) is 11.3 Å². The Bertz CT molecular complexity index is 1670. The second-order valence-corrected chi connectivity index (χ2v) is 9.83. The molecule has 4 aromatic rings. The molecule has 0 spiro atoms. The second-order valence-electron chi connectivity index (χ2n) is 8.08. The minimum absolute atomic E-state index is 0.0958. The Morgan fingerprint density at radius 3 is 2.19 bits per heavy atom. The zero-order chi connectivity index (χ0) is 26.7. The number of nitrogens with zero attached hydrogens (tertiary/aromatic N) is 1. The highest BCUT2D eigenvalue weighted by Crippen LogP contribution is 2.42. The number of benzene rings is 4. The summed E-state index contributed by atoms with van der Waals surface area (Å²) in [6, 6.07) is 20.1. The van der Waals surface area contributed by atoms with Gasteiger partial charge in [0.25, 0.3) is 0 Å². The molecule has 0 saturated carbocycles. The maximum Gasteiger partial charge on any atom is 0.336 e. The number of hydrogen-bond acceptors (Lipinski definition) is 7. The SMILES string of the molecule is COc1cc(C(=O)O)c(-c2cc(NS(C)(=O)=O)ccc2Oc2ccc3cc(C#N)ccc3c2)cc1OC. The lowest BCUT2D eigenvalue weighted by Crippen LogP contribution is -2.10. The van der Waals surface area contributed by atoms with Crippen molar-refractivity contribution in [2.45, 2.75) is 0 Å². The first-order valence-electron chi connectivity index (χ1n) is 10.8. The van der Waals surface area contributed by atoms with Crippen molar-refractivity contribution in [3.8, 4) is 40.2 Å². The van der Waals surface area contributed by atoms with E-state index in [2.05, 4.69) is 10.8 Å². The molecule has 188 valence electrons. The van der Waals surface area contributed by atoms with E-state index in [4.69, 9.17) is 19.5 Å². The van der Waals surface area contributed by atoms with Crippen molar-refractivity contribution in [1.82, 2.24) is 0 Å². The van der Waals surface area contributed by atoms with Gasteiger partial charge in [-0.1, -0.05) is 12.1 Å². The van der Waals surface area contributed by atoms with E-state index in [9.17, 15) is 18.3 Å². The van der Waals surface area contributed by atoms with Gasteiger partial charge in [0.2, 0.25) is 10.0 Å². The number of sulfonamides is 1. The van der Waals surface area contributed by atoms with E-state index >= 15 is 0 Å². The van der Waals surface area contributed by atoms with Crippen molar-refractivity contribution in [3.63, 3.8) is 0 Å². The van der Waals surface area contributed by atoms with Crippen molar-refractivity contribution in [2.75, 3.05) is 25.2 Å². The molecule has 2 N–H and O–H groups in total. The van der Waals surface area contributed by atoms with Crippen LogP contribution in [0.2, 0.25) is 0 Å². The number of aromatic carboxylic acids is 1. The average molecular weight is 519 g/mol. The minimum Gasteiger partial charge on any atom is -0.493 e. The molecule has 0 atom stereocenters. The van der Waals surface area contributed by atoms with E-state index in [1.165, 1.54) is 38.5 Å². The quantitative estimate of drug-likeness (QED) is 0.323. The van der Waals surface area contributed by atoms with Crippen LogP contribution in [0.3, 0.4) is 0 Å². The monoisotopic (exact) mass is 518 g/mol. The van der Waals surface area contributed by atoms with Gasteiger partial charge in [-0.2, -0.15) is 5.26 Å². The van der Waals surface area contributed by atoms with E-state index in [1.54, 1.807) is 36.4 Å². The number of nitrogens with one attached hydrogen (secondary N) is 1. The van der Waals surface area contributed by atoms with E-state index in [1.807, 2.05) is 6.07 Å². The molecule has 37 heavy (non-hydrogen) atoms. The number of hydrogen-bond donors (Lipinski definition) is 2. The molecule has 0 aliphatic heterocycles. The number of carbonyl (C=O) groups is 1. The topological polar surface area (TPSA) is 135 Å². The van der Waals surface area contributed by atoms with Gasteiger partial charge in [-0.15, -0.1) is 0 Å². The number of anilines is 1. The summed E-state index contributed by atoms with van der Waals surface area (Å²) in [7, 11) is -0.782. The molecule has 0 saturated heterocycles. The third-order valence-electron chi connectivity index (χ3n) is 5.50. The first-order valence-corrected chi connectivity index (χ1v) is 12.7. The first kappa shape index (κ1) is 25.3. The molecule has 0 aliphatic rings. The van der Waals surface area contributed by atoms with E-state index in [-0.39, 0.29) is 34.1 Å². The Morgan fingerprint density at radius 1 is 0.865 bits per heavy atom. The summed E-state index contributed by atoms with van der Waals surface area (Å²) in [5, 5.41) is 20.8. The lowest BCUT2D eigenvalue weighted by molar-refractivity contribution is 0.0697. The highest BCUT2D eigenvalue weighted by molar-refractivity contribution is 7.92. The molecule has 4 aromatic carbocycles. The van der Waals surface area contributed by atoms with Crippen LogP contribution < -0.4 is 18.9 Å². The minimum atomic E-state index is -3.60. The highest BCUT2D eigenvalue weighted by Gasteiger charge is 2.21. The highest BCUT2D eigenvalue weighted by atomic mass is 32.2. The smallest absolute Gasteiger partial charge is 0.336 e. The van der Waals surface area contributed by atoms with Gasteiger partial charge >= 0.3 is 5.97 Å². The van der Waals surface area contributed by atoms with Crippen LogP contribution in [0.4, 0.5) is 5.69 Å². The van der Waals surface area contributed by atoms with Gasteiger partial charge in [-0.3, -0.25) is 4.72 Å². The molecule has 0 aliphatic carbocycles. The van der Waals surface area contributed by atoms with E-state index in [0.29, 0.717) is 16.9 Å². The maximum atomic E-state index is 12.2. The standard InChI is InChI=1S/C27H22N2O7S/c1-34-25-13-21(23(27(30)31)14-26(25)35-2)22-12-19(29-37(3,32)33)7-9-24(22)36-20-8-6-17-10-16(15-28)4-5-18(17)11-20/h4-14,29H,1-3H3,(H,30,31). The van der Waals surface area contributed by atoms with Gasteiger partial charge in [0.05, 0.1) is 37.7 Å². The van der Waals surface area contributed by atoms with Crippen molar-refractivity contribution in [1.29, 1.82) is 5.26 Å². The maximum absolute atomic E-state index is 12.2. The zero-order valence-electron chi connectivity index (χ0n) is 20.1. The largest absolute Gasteiger partial charge is 0.493 e. The van der Waals surface area contributed by atoms with E-state index < -0.39 is 16.0 Å². The summed E-state index contributed by atoms with van der Waals surface area (Å²) >= 11 is 0. The fourth-order valence-corrected chi connectivity index (χ4v) is 4.42. The Hall–Kier alpha value is -4.75. The van der Waals surface area contributed by atoms with Crippen molar-refractivity contribution >= 4 is 32.5 Å². The molecule has 0 aromatic heterocycles. The van der Waals surface area contributed by atoms with Gasteiger partial charge in [0.1, 0.15) is 11.5 Å². The van der Waals surface area contributed by atoms with Crippen LogP contribution >= 0.6 is 0 Å². The lowest BCUT2D eigenvalue weighted by Gasteiger charge is -2.17. The third kappa shape index (κ3) is 5.58. The summed E-state index contributed by atoms with van der Waals surface area (Å²) in [4.78, 5) is 12.2. The number of ether oxygens (including phenoxy) is 3. The molecule has 0 fully saturated rings. The average Bonchev–Trinajstić information content (AvgIpc) is 2.87. The summed E-state index contributed by atoms with van der Waals surface area (Å²) in [5.74, 6) is 0.0282. The third-order valence-corrected chi connectivity index (χ3v) is 6.10. The molecule has 4 rings (SSSR count). The summed E-state index contributed by atoms with van der Waals surface area (Å²) in [5.41, 5.74) is 1.20. The van der Waals surface area contributed by atoms with Gasteiger partial charge in [-0.05, 0) is 65.4 Å². The van der Waals surface area contributed by atoms with Crippen LogP contribution in [0.25, 0.3) is 21.9 Å². The van der Waals surface area contributed by atoms with Crippen LogP contribution in [-0.4, -0.2) is 40.0 Å². The second kappa shape index (κ2) is 10.1. The van der Waals surface area contributed by atoms with Gasteiger partial charge in [-0.25, -0.2) is 13.2 Å². The van der Waals surface area contributed by atoms with Gasteiger partial charge < -0.3 is 19.3 Å². The lowest BCUT2D eigenvalue weighted by atomic mass is 9.97. The fraction of sp³-hybridized carbons (Fsp3) is 0.111. The predicted octanol–water partition coefficient (Wildman–Crippen LogP) is 5.26. The number of nitriles is 1. The van der Waals surface area contributed by atoms with Crippen LogP contribution in [0.1, 0.15) is 15.9 Å². The fourth-order valence-electron chi connectivity index (χ4n) is 3.87. The zero-order valence-corrected chi connectivity index (χ0v) is 20.9. The van der Waals surface area contributed by atoms with Crippen LogP contribution in [0.15, 0.2) is 66.7 Å². The van der Waals surface area contributed by atoms with Crippen LogP contribution in [-0.2, 0) is 10.0 Å². The molecular weight excluding hydrogens is 496 g/mol. The predicted molar refractivity (Wildman–Crippen MR) is 139 cm³/mol. The summed E-state index contributed by atoms with van der Waals surface area (Å²) in [6.07, 6.45) is 1.02. The number of methoxy groups -OCH3 is 2. The number of carboxylic acids is 1. The molecule has 0 heterocycles. The molecule has 0 unspecified atom stereocenters. The van der Waals surface area contributed by atoms with Crippen molar-refractivity contribution in [2.24, 2.45) is 0 Å². The number of carboxylic acid groups (broad SMARTS) is 1. The Kier molecular flexibility index (Phi) is 6.91. The number of fused-ring (bicyclic) bond motifs is 1. The molecule has 10 heteroatoms. The van der Waals surface area contributed by atoms with E-state index in [0.717, 1.165) is 17.0 Å². The molecule has 9 nitrogen and oxygen atoms in total. The van der Waals surface area contributed by atoms with Crippen molar-refractivity contribution in [3.05, 3.63) is 77.9 Å². The molecular formula is C27H22N2O7S. The summed E-state index contributed by atoms with van der Waals surface area (Å²) < 4.78 is 42.9. The number of rotatable bonds is 8. The molecule has 0 radical (unpaired) electrons. The Balaban J connectivity index is 1.89. The molecule has 0 bridgehead atoms. The van der Waals surface area contributed by atoms with Gasteiger partial charge in [0.15, 0.2) is 11.5 Å². The normalized spacial score (nSPS) is 11.0. The Labute approximate surface area is 213 Å². The first-order chi connectivity index (χ1) is 17.6.